The fraction of sp³-hybridized carbons (Fsp3) is 0.350. The van der Waals surface area contributed by atoms with Crippen LogP contribution in [0.4, 0.5) is 8.78 Å². The molecule has 0 saturated heterocycles. The van der Waals surface area contributed by atoms with Gasteiger partial charge in [0.25, 0.3) is 5.56 Å². The van der Waals surface area contributed by atoms with Gasteiger partial charge in [0.1, 0.15) is 11.6 Å². The van der Waals surface area contributed by atoms with Crippen LogP contribution in [0, 0.1) is 25.2 Å². The molecule has 1 aromatic carbocycles. The Morgan fingerprint density at radius 2 is 2.03 bits per heavy atom. The zero-order valence-corrected chi connectivity index (χ0v) is 16.3. The zero-order valence-electron chi connectivity index (χ0n) is 16.3. The van der Waals surface area contributed by atoms with Crippen molar-refractivity contribution in [3.8, 4) is 17.6 Å². The highest BCUT2D eigenvalue weighted by molar-refractivity contribution is 5.76. The van der Waals surface area contributed by atoms with Crippen molar-refractivity contribution in [1.82, 2.24) is 10.3 Å². The van der Waals surface area contributed by atoms with Crippen molar-refractivity contribution in [3.63, 3.8) is 0 Å². The lowest BCUT2D eigenvalue weighted by atomic mass is 9.99. The van der Waals surface area contributed by atoms with Crippen molar-refractivity contribution < 1.29 is 23.0 Å². The Hall–Kier alpha value is -3.41. The summed E-state index contributed by atoms with van der Waals surface area (Å²) in [7, 11) is 1.33. The third kappa shape index (κ3) is 5.54. The predicted octanol–water partition coefficient (Wildman–Crippen LogP) is 2.72. The van der Waals surface area contributed by atoms with E-state index in [0.29, 0.717) is 23.2 Å². The standard InChI is InChI=1S/C20H21F2N3O4/c1-11-14(12(2)25-19(27)15(11)9-23)5-7-18(26)24-10-13-4-6-16(29-20(21)22)17(8-13)28-3/h4,6,8,20H,5,7,10H2,1-3H3,(H,24,26)(H,25,27). The van der Waals surface area contributed by atoms with E-state index in [1.165, 1.54) is 19.2 Å². The number of halogens is 2. The van der Waals surface area contributed by atoms with E-state index in [1.807, 2.05) is 6.07 Å². The second-order valence-electron chi connectivity index (χ2n) is 6.31. The van der Waals surface area contributed by atoms with Crippen LogP contribution in [-0.4, -0.2) is 24.6 Å². The summed E-state index contributed by atoms with van der Waals surface area (Å²) in [5.74, 6) is -0.184. The molecule has 9 heteroatoms. The average molecular weight is 405 g/mol. The van der Waals surface area contributed by atoms with Gasteiger partial charge in [-0.15, -0.1) is 0 Å². The summed E-state index contributed by atoms with van der Waals surface area (Å²) in [6.07, 6.45) is 0.516. The molecule has 0 unspecified atom stereocenters. The van der Waals surface area contributed by atoms with E-state index < -0.39 is 12.2 Å². The van der Waals surface area contributed by atoms with E-state index in [1.54, 1.807) is 19.9 Å². The van der Waals surface area contributed by atoms with Gasteiger partial charge in [-0.3, -0.25) is 9.59 Å². The van der Waals surface area contributed by atoms with Gasteiger partial charge in [-0.2, -0.15) is 14.0 Å². The van der Waals surface area contributed by atoms with Gasteiger partial charge < -0.3 is 19.8 Å². The maximum atomic E-state index is 12.4. The third-order valence-electron chi connectivity index (χ3n) is 4.46. The minimum Gasteiger partial charge on any atom is -0.493 e. The van der Waals surface area contributed by atoms with E-state index in [2.05, 4.69) is 15.0 Å². The van der Waals surface area contributed by atoms with E-state index in [4.69, 9.17) is 10.00 Å². The van der Waals surface area contributed by atoms with Crippen LogP contribution in [-0.2, 0) is 17.8 Å². The molecule has 0 radical (unpaired) electrons. The van der Waals surface area contributed by atoms with E-state index in [0.717, 1.165) is 5.56 Å². The molecule has 0 saturated carbocycles. The number of nitrogens with one attached hydrogen (secondary N) is 2. The Balaban J connectivity index is 1.99. The van der Waals surface area contributed by atoms with Gasteiger partial charge >= 0.3 is 6.61 Å². The number of amides is 1. The lowest BCUT2D eigenvalue weighted by molar-refractivity contribution is -0.121. The van der Waals surface area contributed by atoms with Crippen LogP contribution in [0.2, 0.25) is 0 Å². The predicted molar refractivity (Wildman–Crippen MR) is 101 cm³/mol. The largest absolute Gasteiger partial charge is 0.493 e. The summed E-state index contributed by atoms with van der Waals surface area (Å²) >= 11 is 0. The van der Waals surface area contributed by atoms with Crippen molar-refractivity contribution in [3.05, 3.63) is 56.5 Å². The summed E-state index contributed by atoms with van der Waals surface area (Å²) in [6, 6.07) is 6.29. The Labute approximate surface area is 166 Å². The highest BCUT2D eigenvalue weighted by atomic mass is 19.3. The number of hydrogen-bond donors (Lipinski definition) is 2. The molecule has 1 aromatic heterocycles. The zero-order chi connectivity index (χ0) is 21.6. The van der Waals surface area contributed by atoms with Gasteiger partial charge in [0, 0.05) is 18.7 Å². The average Bonchev–Trinajstić information content (AvgIpc) is 2.66. The third-order valence-corrected chi connectivity index (χ3v) is 4.46. The number of alkyl halides is 2. The Kier molecular flexibility index (Phi) is 7.31. The Bertz CT molecular complexity index is 996. The second-order valence-corrected chi connectivity index (χ2v) is 6.31. The van der Waals surface area contributed by atoms with Crippen molar-refractivity contribution in [2.24, 2.45) is 0 Å². The van der Waals surface area contributed by atoms with Crippen LogP contribution in [0.5, 0.6) is 11.5 Å². The topological polar surface area (TPSA) is 104 Å². The number of aromatic nitrogens is 1. The van der Waals surface area contributed by atoms with Crippen molar-refractivity contribution in [2.75, 3.05) is 7.11 Å². The minimum absolute atomic E-state index is 0.0456. The van der Waals surface area contributed by atoms with Crippen LogP contribution >= 0.6 is 0 Å². The maximum Gasteiger partial charge on any atom is 0.387 e. The van der Waals surface area contributed by atoms with E-state index in [-0.39, 0.29) is 35.9 Å². The Morgan fingerprint density at radius 3 is 2.66 bits per heavy atom. The molecule has 2 aromatic rings. The smallest absolute Gasteiger partial charge is 0.387 e. The minimum atomic E-state index is -2.96. The first-order valence-corrected chi connectivity index (χ1v) is 8.77. The van der Waals surface area contributed by atoms with Gasteiger partial charge in [-0.05, 0) is 49.1 Å². The quantitative estimate of drug-likeness (QED) is 0.703. The molecule has 1 heterocycles. The number of aryl methyl sites for hydroxylation is 1. The van der Waals surface area contributed by atoms with Crippen molar-refractivity contribution in [2.45, 2.75) is 39.8 Å². The summed E-state index contributed by atoms with van der Waals surface area (Å²) in [5, 5.41) is 11.8. The van der Waals surface area contributed by atoms with E-state index >= 15 is 0 Å². The van der Waals surface area contributed by atoms with Crippen LogP contribution < -0.4 is 20.3 Å². The number of methoxy groups -OCH3 is 1. The highest BCUT2D eigenvalue weighted by Crippen LogP contribution is 2.29. The number of hydrogen-bond acceptors (Lipinski definition) is 5. The molecule has 29 heavy (non-hydrogen) atoms. The lowest BCUT2D eigenvalue weighted by Gasteiger charge is -2.13. The molecular weight excluding hydrogens is 384 g/mol. The first kappa shape index (κ1) is 21.9. The van der Waals surface area contributed by atoms with E-state index in [9.17, 15) is 18.4 Å². The van der Waals surface area contributed by atoms with Gasteiger partial charge in [-0.1, -0.05) is 6.07 Å². The molecule has 0 aliphatic heterocycles. The fourth-order valence-electron chi connectivity index (χ4n) is 2.96. The summed E-state index contributed by atoms with van der Waals surface area (Å²) < 4.78 is 34.1. The summed E-state index contributed by atoms with van der Waals surface area (Å²) in [4.78, 5) is 26.6. The molecule has 1 amide bonds. The van der Waals surface area contributed by atoms with Crippen molar-refractivity contribution >= 4 is 5.91 Å². The van der Waals surface area contributed by atoms with Crippen LogP contribution in [0.15, 0.2) is 23.0 Å². The molecule has 0 aliphatic carbocycles. The first-order valence-electron chi connectivity index (χ1n) is 8.77. The number of pyridine rings is 1. The molecule has 0 bridgehead atoms. The molecule has 0 fully saturated rings. The molecule has 7 nitrogen and oxygen atoms in total. The summed E-state index contributed by atoms with van der Waals surface area (Å²) in [6.45, 7) is 0.620. The lowest BCUT2D eigenvalue weighted by Crippen LogP contribution is -2.24. The number of benzene rings is 1. The molecule has 2 rings (SSSR count). The molecule has 0 atom stereocenters. The number of rotatable bonds is 8. The number of carbonyl (C=O) groups excluding carboxylic acids is 1. The maximum absolute atomic E-state index is 12.4. The van der Waals surface area contributed by atoms with Gasteiger partial charge in [0.05, 0.1) is 7.11 Å². The fourth-order valence-corrected chi connectivity index (χ4v) is 2.96. The molecule has 154 valence electrons. The van der Waals surface area contributed by atoms with Crippen LogP contribution in [0.25, 0.3) is 0 Å². The monoisotopic (exact) mass is 405 g/mol. The molecular formula is C20H21F2N3O4. The number of ether oxygens (including phenoxy) is 2. The molecule has 0 spiro atoms. The number of carbonyl (C=O) groups is 1. The SMILES string of the molecule is COc1cc(CNC(=O)CCc2c(C)[nH]c(=O)c(C#N)c2C)ccc1OC(F)F. The van der Waals surface area contributed by atoms with Crippen molar-refractivity contribution in [1.29, 1.82) is 5.26 Å². The normalized spacial score (nSPS) is 10.5. The van der Waals surface area contributed by atoms with Crippen LogP contribution in [0.1, 0.15) is 34.4 Å². The van der Waals surface area contributed by atoms with Gasteiger partial charge in [0.2, 0.25) is 5.91 Å². The Morgan fingerprint density at radius 1 is 1.31 bits per heavy atom. The number of H-pyrrole nitrogens is 1. The number of nitriles is 1. The second kappa shape index (κ2) is 9.68. The van der Waals surface area contributed by atoms with Gasteiger partial charge in [-0.25, -0.2) is 0 Å². The molecule has 0 aliphatic rings. The molecule has 2 N–H and O–H groups in total. The number of nitrogens with zero attached hydrogens (tertiary/aromatic N) is 1. The van der Waals surface area contributed by atoms with Crippen LogP contribution in [0.3, 0.4) is 0 Å². The summed E-state index contributed by atoms with van der Waals surface area (Å²) in [5.41, 5.74) is 2.21. The van der Waals surface area contributed by atoms with Gasteiger partial charge in [0.15, 0.2) is 11.5 Å². The first-order chi connectivity index (χ1) is 13.8. The highest BCUT2D eigenvalue weighted by Gasteiger charge is 2.14. The number of aromatic amines is 1.